The van der Waals surface area contributed by atoms with Crippen LogP contribution < -0.4 is 4.74 Å². The van der Waals surface area contributed by atoms with Crippen molar-refractivity contribution in [2.24, 2.45) is 0 Å². The fraction of sp³-hybridized carbons (Fsp3) is 0.267. The van der Waals surface area contributed by atoms with Gasteiger partial charge in [-0.2, -0.15) is 0 Å². The van der Waals surface area contributed by atoms with Gasteiger partial charge in [0, 0.05) is 12.3 Å². The van der Waals surface area contributed by atoms with Crippen molar-refractivity contribution in [2.75, 3.05) is 20.0 Å². The standard InChI is InChI=1S/C15H15N3O5S/c1-4-23-15(19)12-13-14(24(3,20)21)17-10-6-5-9(22-2)7-11(10)18(13)8-16-12/h5-8H,4H2,1-3H3. The fourth-order valence-electron chi connectivity index (χ4n) is 2.42. The van der Waals surface area contributed by atoms with E-state index < -0.39 is 15.8 Å². The Morgan fingerprint density at radius 2 is 2.08 bits per heavy atom. The Bertz CT molecular complexity index is 1060. The van der Waals surface area contributed by atoms with Crippen molar-refractivity contribution < 1.29 is 22.7 Å². The molecule has 126 valence electrons. The van der Waals surface area contributed by atoms with Crippen molar-refractivity contribution in [1.82, 2.24) is 14.4 Å². The number of hydrogen-bond acceptors (Lipinski definition) is 7. The molecule has 2 heterocycles. The largest absolute Gasteiger partial charge is 0.497 e. The SMILES string of the molecule is CCOC(=O)c1ncn2c1c(S(C)(=O)=O)nc1ccc(OC)cc12. The number of rotatable bonds is 4. The molecule has 0 fully saturated rings. The van der Waals surface area contributed by atoms with Gasteiger partial charge in [0.25, 0.3) is 0 Å². The number of hydrogen-bond donors (Lipinski definition) is 0. The van der Waals surface area contributed by atoms with E-state index in [1.165, 1.54) is 17.8 Å². The van der Waals surface area contributed by atoms with Crippen molar-refractivity contribution in [2.45, 2.75) is 11.9 Å². The minimum Gasteiger partial charge on any atom is -0.497 e. The van der Waals surface area contributed by atoms with Gasteiger partial charge in [0.05, 0.1) is 24.8 Å². The molecule has 0 saturated heterocycles. The summed E-state index contributed by atoms with van der Waals surface area (Å²) in [6.45, 7) is 1.81. The first-order chi connectivity index (χ1) is 11.4. The summed E-state index contributed by atoms with van der Waals surface area (Å²) in [5.41, 5.74) is 1.02. The topological polar surface area (TPSA) is 99.9 Å². The van der Waals surface area contributed by atoms with Crippen molar-refractivity contribution in [3.63, 3.8) is 0 Å². The Morgan fingerprint density at radius 3 is 2.71 bits per heavy atom. The first-order valence-electron chi connectivity index (χ1n) is 7.08. The number of methoxy groups -OCH3 is 1. The van der Waals surface area contributed by atoms with Crippen LogP contribution in [0.3, 0.4) is 0 Å². The Kier molecular flexibility index (Phi) is 3.88. The molecule has 0 N–H and O–H groups in total. The van der Waals surface area contributed by atoms with E-state index in [4.69, 9.17) is 9.47 Å². The van der Waals surface area contributed by atoms with Crippen LogP contribution in [0.5, 0.6) is 5.75 Å². The number of fused-ring (bicyclic) bond motifs is 3. The molecule has 1 aromatic carbocycles. The minimum atomic E-state index is -3.69. The van der Waals surface area contributed by atoms with Crippen molar-refractivity contribution >= 4 is 32.4 Å². The number of aromatic nitrogens is 3. The lowest BCUT2D eigenvalue weighted by Gasteiger charge is -2.09. The summed E-state index contributed by atoms with van der Waals surface area (Å²) < 4.78 is 36.0. The van der Waals surface area contributed by atoms with Crippen molar-refractivity contribution in [3.8, 4) is 5.75 Å². The van der Waals surface area contributed by atoms with Crippen LogP contribution in [0.4, 0.5) is 0 Å². The molecule has 0 amide bonds. The lowest BCUT2D eigenvalue weighted by Crippen LogP contribution is -2.10. The molecule has 9 heteroatoms. The third kappa shape index (κ3) is 2.56. The molecule has 2 aromatic heterocycles. The Morgan fingerprint density at radius 1 is 1.33 bits per heavy atom. The molecule has 0 unspecified atom stereocenters. The number of benzene rings is 1. The Balaban J connectivity index is 2.46. The molecule has 0 bridgehead atoms. The van der Waals surface area contributed by atoms with E-state index >= 15 is 0 Å². The molecular weight excluding hydrogens is 334 g/mol. The first-order valence-corrected chi connectivity index (χ1v) is 8.98. The van der Waals surface area contributed by atoms with Crippen LogP contribution in [0.1, 0.15) is 17.4 Å². The minimum absolute atomic E-state index is 0.0884. The maximum Gasteiger partial charge on any atom is 0.359 e. The zero-order valence-corrected chi connectivity index (χ0v) is 14.1. The maximum absolute atomic E-state index is 12.2. The van der Waals surface area contributed by atoms with E-state index in [1.54, 1.807) is 25.1 Å². The summed E-state index contributed by atoms with van der Waals surface area (Å²) in [5.74, 6) is -0.127. The molecule has 0 spiro atoms. The molecule has 0 aliphatic heterocycles. The lowest BCUT2D eigenvalue weighted by molar-refractivity contribution is 0.0522. The van der Waals surface area contributed by atoms with Crippen LogP contribution in [0, 0.1) is 0 Å². The lowest BCUT2D eigenvalue weighted by atomic mass is 10.2. The van der Waals surface area contributed by atoms with Gasteiger partial charge >= 0.3 is 5.97 Å². The Labute approximate surface area is 138 Å². The number of nitrogens with zero attached hydrogens (tertiary/aromatic N) is 3. The van der Waals surface area contributed by atoms with E-state index in [-0.39, 0.29) is 22.8 Å². The molecule has 0 aliphatic carbocycles. The molecule has 24 heavy (non-hydrogen) atoms. The highest BCUT2D eigenvalue weighted by Gasteiger charge is 2.25. The van der Waals surface area contributed by atoms with E-state index in [1.807, 2.05) is 0 Å². The monoisotopic (exact) mass is 349 g/mol. The summed E-state index contributed by atoms with van der Waals surface area (Å²) in [4.78, 5) is 20.4. The van der Waals surface area contributed by atoms with E-state index in [0.717, 1.165) is 6.26 Å². The van der Waals surface area contributed by atoms with Gasteiger partial charge in [-0.3, -0.25) is 4.40 Å². The van der Waals surface area contributed by atoms with Crippen LogP contribution in [-0.4, -0.2) is 48.7 Å². The van der Waals surface area contributed by atoms with Gasteiger partial charge in [0.15, 0.2) is 20.6 Å². The summed E-state index contributed by atoms with van der Waals surface area (Å²) in [7, 11) is -2.17. The number of carbonyl (C=O) groups excluding carboxylic acids is 1. The molecule has 0 radical (unpaired) electrons. The van der Waals surface area contributed by atoms with Gasteiger partial charge in [0.2, 0.25) is 0 Å². The maximum atomic E-state index is 12.2. The van der Waals surface area contributed by atoms with Crippen LogP contribution in [-0.2, 0) is 14.6 Å². The van der Waals surface area contributed by atoms with E-state index in [0.29, 0.717) is 16.8 Å². The quantitative estimate of drug-likeness (QED) is 0.658. The number of sulfone groups is 1. The highest BCUT2D eigenvalue weighted by atomic mass is 32.2. The van der Waals surface area contributed by atoms with Crippen LogP contribution in [0.15, 0.2) is 29.6 Å². The second-order valence-electron chi connectivity index (χ2n) is 5.08. The van der Waals surface area contributed by atoms with Crippen molar-refractivity contribution in [3.05, 3.63) is 30.2 Å². The zero-order valence-electron chi connectivity index (χ0n) is 13.3. The number of esters is 1. The van der Waals surface area contributed by atoms with Gasteiger partial charge < -0.3 is 9.47 Å². The number of ether oxygens (including phenoxy) is 2. The summed E-state index contributed by atoms with van der Waals surface area (Å²) in [6.07, 6.45) is 2.41. The number of carbonyl (C=O) groups is 1. The van der Waals surface area contributed by atoms with Gasteiger partial charge in [-0.25, -0.2) is 23.2 Å². The van der Waals surface area contributed by atoms with E-state index in [2.05, 4.69) is 9.97 Å². The highest BCUT2D eigenvalue weighted by molar-refractivity contribution is 7.90. The van der Waals surface area contributed by atoms with Gasteiger partial charge in [0.1, 0.15) is 17.6 Å². The van der Waals surface area contributed by atoms with Gasteiger partial charge in [-0.05, 0) is 19.1 Å². The van der Waals surface area contributed by atoms with Crippen LogP contribution in [0.25, 0.3) is 16.6 Å². The average molecular weight is 349 g/mol. The number of imidazole rings is 1. The average Bonchev–Trinajstić information content (AvgIpc) is 2.98. The first kappa shape index (κ1) is 16.2. The fourth-order valence-corrected chi connectivity index (χ4v) is 3.23. The molecule has 0 aliphatic rings. The van der Waals surface area contributed by atoms with Crippen molar-refractivity contribution in [1.29, 1.82) is 0 Å². The predicted octanol–water partition coefficient (Wildman–Crippen LogP) is 1.47. The molecule has 3 rings (SSSR count). The normalized spacial score (nSPS) is 11.8. The third-order valence-corrected chi connectivity index (χ3v) is 4.44. The highest BCUT2D eigenvalue weighted by Crippen LogP contribution is 2.27. The summed E-state index contributed by atoms with van der Waals surface area (Å²) >= 11 is 0. The molecule has 0 atom stereocenters. The Hall–Kier alpha value is -2.68. The van der Waals surface area contributed by atoms with Crippen LogP contribution in [0.2, 0.25) is 0 Å². The van der Waals surface area contributed by atoms with Gasteiger partial charge in [-0.1, -0.05) is 0 Å². The second kappa shape index (κ2) is 5.75. The van der Waals surface area contributed by atoms with E-state index in [9.17, 15) is 13.2 Å². The molecule has 3 aromatic rings. The smallest absolute Gasteiger partial charge is 0.359 e. The molecule has 8 nitrogen and oxygen atoms in total. The van der Waals surface area contributed by atoms with Gasteiger partial charge in [-0.15, -0.1) is 0 Å². The molecule has 0 saturated carbocycles. The third-order valence-electron chi connectivity index (χ3n) is 3.45. The zero-order chi connectivity index (χ0) is 17.5. The summed E-state index contributed by atoms with van der Waals surface area (Å²) in [6, 6.07) is 5.01. The summed E-state index contributed by atoms with van der Waals surface area (Å²) in [5, 5.41) is -0.222. The second-order valence-corrected chi connectivity index (χ2v) is 7.01. The predicted molar refractivity (Wildman–Crippen MR) is 86.1 cm³/mol. The van der Waals surface area contributed by atoms with Crippen LogP contribution >= 0.6 is 0 Å². The molecular formula is C15H15N3O5S.